The van der Waals surface area contributed by atoms with Crippen molar-refractivity contribution >= 4 is 13.3 Å². The highest BCUT2D eigenvalue weighted by atomic mass is 28.3. The Morgan fingerprint density at radius 2 is 1.36 bits per heavy atom. The van der Waals surface area contributed by atoms with Gasteiger partial charge in [-0.15, -0.1) is 0 Å². The molecule has 3 rings (SSSR count). The Hall–Kier alpha value is -2.19. The largest absolute Gasteiger partial charge is 0.256 e. The zero-order valence-electron chi connectivity index (χ0n) is 13.4. The number of nitrogens with zero attached hydrogens (tertiary/aromatic N) is 1. The molecule has 22 heavy (non-hydrogen) atoms. The van der Waals surface area contributed by atoms with Gasteiger partial charge in [0.1, 0.15) is 0 Å². The first-order chi connectivity index (χ1) is 10.6. The van der Waals surface area contributed by atoms with Crippen LogP contribution in [-0.4, -0.2) is 13.1 Å². The molecule has 0 fully saturated rings. The van der Waals surface area contributed by atoms with Gasteiger partial charge in [-0.05, 0) is 28.4 Å². The molecule has 2 aromatic carbocycles. The fraction of sp³-hybridized carbons (Fsp3) is 0.150. The second kappa shape index (κ2) is 5.89. The normalized spacial score (nSPS) is 11.4. The van der Waals surface area contributed by atoms with Gasteiger partial charge in [0, 0.05) is 11.8 Å². The van der Waals surface area contributed by atoms with Crippen LogP contribution in [0.15, 0.2) is 72.9 Å². The van der Waals surface area contributed by atoms with Gasteiger partial charge in [-0.25, -0.2) is 0 Å². The summed E-state index contributed by atoms with van der Waals surface area (Å²) in [5.41, 5.74) is 4.83. The standard InChI is InChI=1S/C20H21NSi/c1-22(2,3)19-13-8-14-21-20(19)18-12-7-11-17(15-18)16-9-5-4-6-10-16/h4-15H,1-3H3. The van der Waals surface area contributed by atoms with E-state index in [2.05, 4.69) is 91.4 Å². The van der Waals surface area contributed by atoms with E-state index < -0.39 is 8.07 Å². The van der Waals surface area contributed by atoms with Crippen molar-refractivity contribution in [1.82, 2.24) is 4.98 Å². The first-order valence-electron chi connectivity index (χ1n) is 7.67. The fourth-order valence-electron chi connectivity index (χ4n) is 2.72. The minimum atomic E-state index is -1.42. The SMILES string of the molecule is C[Si](C)(C)c1cccnc1-c1cccc(-c2ccccc2)c1. The van der Waals surface area contributed by atoms with Crippen LogP contribution in [0.2, 0.25) is 19.6 Å². The molecule has 0 aliphatic carbocycles. The van der Waals surface area contributed by atoms with E-state index >= 15 is 0 Å². The highest BCUT2D eigenvalue weighted by Gasteiger charge is 2.21. The average molecular weight is 303 g/mol. The third-order valence-corrected chi connectivity index (χ3v) is 5.88. The fourth-order valence-corrected chi connectivity index (χ4v) is 4.23. The summed E-state index contributed by atoms with van der Waals surface area (Å²) in [6.07, 6.45) is 1.90. The Bertz CT molecular complexity index is 773. The minimum absolute atomic E-state index is 1.14. The maximum Gasteiger partial charge on any atom is 0.0804 e. The van der Waals surface area contributed by atoms with Gasteiger partial charge in [-0.2, -0.15) is 0 Å². The monoisotopic (exact) mass is 303 g/mol. The van der Waals surface area contributed by atoms with Gasteiger partial charge in [0.05, 0.1) is 13.8 Å². The minimum Gasteiger partial charge on any atom is -0.256 e. The van der Waals surface area contributed by atoms with Crippen LogP contribution in [0, 0.1) is 0 Å². The third kappa shape index (κ3) is 3.02. The molecule has 0 aliphatic rings. The lowest BCUT2D eigenvalue weighted by atomic mass is 10.0. The van der Waals surface area contributed by atoms with E-state index in [0.717, 1.165) is 5.69 Å². The van der Waals surface area contributed by atoms with E-state index in [0.29, 0.717) is 0 Å². The number of benzene rings is 2. The number of hydrogen-bond donors (Lipinski definition) is 0. The smallest absolute Gasteiger partial charge is 0.0804 e. The molecule has 1 nitrogen and oxygen atoms in total. The van der Waals surface area contributed by atoms with Crippen molar-refractivity contribution < 1.29 is 0 Å². The Labute approximate surface area is 133 Å². The van der Waals surface area contributed by atoms with Gasteiger partial charge in [0.25, 0.3) is 0 Å². The second-order valence-corrected chi connectivity index (χ2v) is 11.6. The first kappa shape index (κ1) is 14.7. The summed E-state index contributed by atoms with van der Waals surface area (Å²) in [5, 5.41) is 1.42. The lowest BCUT2D eigenvalue weighted by Crippen LogP contribution is -2.39. The third-order valence-electron chi connectivity index (χ3n) is 3.86. The zero-order chi connectivity index (χ0) is 15.6. The number of pyridine rings is 1. The number of hydrogen-bond acceptors (Lipinski definition) is 1. The van der Waals surface area contributed by atoms with E-state index in [1.165, 1.54) is 21.9 Å². The molecule has 110 valence electrons. The molecular weight excluding hydrogens is 282 g/mol. The van der Waals surface area contributed by atoms with Gasteiger partial charge in [0.2, 0.25) is 0 Å². The predicted octanol–water partition coefficient (Wildman–Crippen LogP) is 4.96. The van der Waals surface area contributed by atoms with Crippen LogP contribution in [0.3, 0.4) is 0 Å². The van der Waals surface area contributed by atoms with Gasteiger partial charge < -0.3 is 0 Å². The van der Waals surface area contributed by atoms with Crippen molar-refractivity contribution in [1.29, 1.82) is 0 Å². The van der Waals surface area contributed by atoms with Crippen molar-refractivity contribution in [2.45, 2.75) is 19.6 Å². The molecule has 0 spiro atoms. The Balaban J connectivity index is 2.11. The van der Waals surface area contributed by atoms with Crippen LogP contribution in [0.25, 0.3) is 22.4 Å². The molecule has 0 aliphatic heterocycles. The molecule has 1 heterocycles. The van der Waals surface area contributed by atoms with Crippen molar-refractivity contribution in [3.8, 4) is 22.4 Å². The van der Waals surface area contributed by atoms with Crippen molar-refractivity contribution in [3.05, 3.63) is 72.9 Å². The maximum atomic E-state index is 4.68. The molecular formula is C20H21NSi. The Morgan fingerprint density at radius 3 is 2.09 bits per heavy atom. The molecule has 0 saturated heterocycles. The zero-order valence-corrected chi connectivity index (χ0v) is 14.4. The number of aromatic nitrogens is 1. The predicted molar refractivity (Wildman–Crippen MR) is 98.1 cm³/mol. The van der Waals surface area contributed by atoms with E-state index in [9.17, 15) is 0 Å². The first-order valence-corrected chi connectivity index (χ1v) is 11.2. The molecule has 0 radical (unpaired) electrons. The van der Waals surface area contributed by atoms with Crippen LogP contribution >= 0.6 is 0 Å². The van der Waals surface area contributed by atoms with E-state index in [1.54, 1.807) is 0 Å². The van der Waals surface area contributed by atoms with Gasteiger partial charge >= 0.3 is 0 Å². The van der Waals surface area contributed by atoms with Crippen LogP contribution in [0.5, 0.6) is 0 Å². The summed E-state index contributed by atoms with van der Waals surface area (Å²) >= 11 is 0. The summed E-state index contributed by atoms with van der Waals surface area (Å²) in [4.78, 5) is 4.68. The second-order valence-electron chi connectivity index (χ2n) is 6.60. The van der Waals surface area contributed by atoms with E-state index in [-0.39, 0.29) is 0 Å². The summed E-state index contributed by atoms with van der Waals surface area (Å²) in [6, 6.07) is 23.5. The van der Waals surface area contributed by atoms with E-state index in [4.69, 9.17) is 0 Å². The maximum absolute atomic E-state index is 4.68. The molecule has 0 N–H and O–H groups in total. The lowest BCUT2D eigenvalue weighted by Gasteiger charge is -2.20. The topological polar surface area (TPSA) is 12.9 Å². The molecule has 0 saturated carbocycles. The van der Waals surface area contributed by atoms with Gasteiger partial charge in [0.15, 0.2) is 0 Å². The molecule has 0 unspecified atom stereocenters. The lowest BCUT2D eigenvalue weighted by molar-refractivity contribution is 1.34. The van der Waals surface area contributed by atoms with Crippen molar-refractivity contribution in [2.24, 2.45) is 0 Å². The van der Waals surface area contributed by atoms with Crippen molar-refractivity contribution in [3.63, 3.8) is 0 Å². The summed E-state index contributed by atoms with van der Waals surface area (Å²) < 4.78 is 0. The molecule has 0 bridgehead atoms. The summed E-state index contributed by atoms with van der Waals surface area (Å²) in [6.45, 7) is 7.11. The van der Waals surface area contributed by atoms with Gasteiger partial charge in [-0.1, -0.05) is 74.2 Å². The van der Waals surface area contributed by atoms with Crippen LogP contribution in [-0.2, 0) is 0 Å². The molecule has 1 aromatic heterocycles. The molecule has 0 atom stereocenters. The summed E-state index contributed by atoms with van der Waals surface area (Å²) in [7, 11) is -1.42. The number of rotatable bonds is 3. The van der Waals surface area contributed by atoms with E-state index in [1.807, 2.05) is 6.20 Å². The summed E-state index contributed by atoms with van der Waals surface area (Å²) in [5.74, 6) is 0. The van der Waals surface area contributed by atoms with Crippen LogP contribution in [0.1, 0.15) is 0 Å². The van der Waals surface area contributed by atoms with Crippen molar-refractivity contribution in [2.75, 3.05) is 0 Å². The van der Waals surface area contributed by atoms with Gasteiger partial charge in [-0.3, -0.25) is 4.98 Å². The van der Waals surface area contributed by atoms with Crippen LogP contribution in [0.4, 0.5) is 0 Å². The Kier molecular flexibility index (Phi) is 3.95. The molecule has 0 amide bonds. The molecule has 2 heteroatoms. The molecule has 3 aromatic rings. The van der Waals surface area contributed by atoms with Crippen LogP contribution < -0.4 is 5.19 Å². The Morgan fingerprint density at radius 1 is 0.682 bits per heavy atom. The highest BCUT2D eigenvalue weighted by Crippen LogP contribution is 2.25. The average Bonchev–Trinajstić information content (AvgIpc) is 2.55. The quantitative estimate of drug-likeness (QED) is 0.623. The highest BCUT2D eigenvalue weighted by molar-refractivity contribution is 6.89.